The average Bonchev–Trinajstić information content (AvgIpc) is 2.89. The van der Waals surface area contributed by atoms with Crippen LogP contribution in [0.5, 0.6) is 0 Å². The summed E-state index contributed by atoms with van der Waals surface area (Å²) in [5.41, 5.74) is 0.791. The van der Waals surface area contributed by atoms with E-state index in [1.54, 1.807) is 13.0 Å². The zero-order valence-corrected chi connectivity index (χ0v) is 11.8. The van der Waals surface area contributed by atoms with Gasteiger partial charge >= 0.3 is 0 Å². The highest BCUT2D eigenvalue weighted by Crippen LogP contribution is 2.28. The van der Waals surface area contributed by atoms with Crippen LogP contribution in [0, 0.1) is 18.3 Å². The number of hydrogen-bond donors (Lipinski definition) is 1. The molecule has 6 heteroatoms. The molecule has 1 N–H and O–H groups in total. The van der Waals surface area contributed by atoms with Crippen LogP contribution in [0.3, 0.4) is 0 Å². The molecule has 0 radical (unpaired) electrons. The lowest BCUT2D eigenvalue weighted by Gasteiger charge is -2.31. The van der Waals surface area contributed by atoms with E-state index in [1.165, 1.54) is 6.20 Å². The molecule has 0 aliphatic heterocycles. The van der Waals surface area contributed by atoms with Crippen molar-refractivity contribution in [2.75, 3.05) is 0 Å². The van der Waals surface area contributed by atoms with E-state index in [4.69, 9.17) is 4.52 Å². The quantitative estimate of drug-likeness (QED) is 0.914. The van der Waals surface area contributed by atoms with Gasteiger partial charge in [0, 0.05) is 6.20 Å². The van der Waals surface area contributed by atoms with Crippen LogP contribution >= 0.6 is 0 Å². The van der Waals surface area contributed by atoms with E-state index in [-0.39, 0.29) is 5.91 Å². The first-order valence-corrected chi connectivity index (χ1v) is 7.09. The fourth-order valence-corrected chi connectivity index (χ4v) is 2.78. The fraction of sp³-hybridized carbons (Fsp3) is 0.467. The summed E-state index contributed by atoms with van der Waals surface area (Å²) < 4.78 is 5.03. The van der Waals surface area contributed by atoms with E-state index < -0.39 is 5.54 Å². The van der Waals surface area contributed by atoms with Crippen LogP contribution in [-0.2, 0) is 0 Å². The summed E-state index contributed by atoms with van der Waals surface area (Å²) in [6.45, 7) is 1.80. The minimum absolute atomic E-state index is 0.270. The van der Waals surface area contributed by atoms with Crippen LogP contribution in [0.15, 0.2) is 16.8 Å². The molecular formula is C15H16N4O2. The van der Waals surface area contributed by atoms with Gasteiger partial charge in [0.25, 0.3) is 11.6 Å². The predicted octanol–water partition coefficient (Wildman–Crippen LogP) is 2.49. The minimum Gasteiger partial charge on any atom is -0.336 e. The maximum absolute atomic E-state index is 12.4. The van der Waals surface area contributed by atoms with Crippen molar-refractivity contribution in [1.29, 1.82) is 5.26 Å². The largest absolute Gasteiger partial charge is 0.336 e. The minimum atomic E-state index is -0.742. The Morgan fingerprint density at radius 3 is 2.90 bits per heavy atom. The smallest absolute Gasteiger partial charge is 0.257 e. The van der Waals surface area contributed by atoms with Gasteiger partial charge in [-0.1, -0.05) is 24.4 Å². The van der Waals surface area contributed by atoms with Crippen LogP contribution < -0.4 is 5.32 Å². The molecule has 2 heterocycles. The molecule has 1 aliphatic carbocycles. The van der Waals surface area contributed by atoms with Gasteiger partial charge < -0.3 is 9.84 Å². The van der Waals surface area contributed by atoms with Gasteiger partial charge in [-0.05, 0) is 25.8 Å². The van der Waals surface area contributed by atoms with Gasteiger partial charge in [0.2, 0.25) is 0 Å². The summed E-state index contributed by atoms with van der Waals surface area (Å²) in [7, 11) is 0. The van der Waals surface area contributed by atoms with Crippen molar-refractivity contribution in [3.63, 3.8) is 0 Å². The molecule has 2 aromatic heterocycles. The van der Waals surface area contributed by atoms with Crippen molar-refractivity contribution >= 4 is 17.0 Å². The molecule has 21 heavy (non-hydrogen) atoms. The van der Waals surface area contributed by atoms with E-state index in [1.807, 2.05) is 0 Å². The third-order valence-electron chi connectivity index (χ3n) is 4.05. The van der Waals surface area contributed by atoms with Gasteiger partial charge in [0.15, 0.2) is 0 Å². The molecule has 1 fully saturated rings. The van der Waals surface area contributed by atoms with Crippen molar-refractivity contribution in [2.24, 2.45) is 0 Å². The number of pyridine rings is 1. The molecule has 0 unspecified atom stereocenters. The Hall–Kier alpha value is -2.42. The molecule has 1 aliphatic rings. The highest BCUT2D eigenvalue weighted by atomic mass is 16.5. The summed E-state index contributed by atoms with van der Waals surface area (Å²) in [5.74, 6) is -0.270. The first kappa shape index (κ1) is 13.6. The number of nitrogens with zero attached hydrogens (tertiary/aromatic N) is 3. The van der Waals surface area contributed by atoms with Crippen molar-refractivity contribution in [1.82, 2.24) is 15.5 Å². The molecule has 2 aromatic rings. The van der Waals surface area contributed by atoms with Gasteiger partial charge in [-0.3, -0.25) is 4.79 Å². The Kier molecular flexibility index (Phi) is 3.34. The summed E-state index contributed by atoms with van der Waals surface area (Å²) in [4.78, 5) is 16.5. The van der Waals surface area contributed by atoms with Gasteiger partial charge in [0.05, 0.1) is 22.7 Å². The third-order valence-corrected chi connectivity index (χ3v) is 4.05. The highest BCUT2D eigenvalue weighted by molar-refractivity contribution is 5.97. The number of aryl methyl sites for hydroxylation is 1. The van der Waals surface area contributed by atoms with Gasteiger partial charge in [-0.15, -0.1) is 0 Å². The second-order valence-electron chi connectivity index (χ2n) is 5.55. The fourth-order valence-electron chi connectivity index (χ4n) is 2.78. The number of amides is 1. The molecule has 0 spiro atoms. The molecule has 0 bridgehead atoms. The molecule has 108 valence electrons. The number of fused-ring (bicyclic) bond motifs is 1. The molecule has 1 saturated carbocycles. The van der Waals surface area contributed by atoms with Crippen LogP contribution in [0.1, 0.15) is 48.2 Å². The number of carbonyl (C=O) groups excluding carboxylic acids is 1. The lowest BCUT2D eigenvalue weighted by molar-refractivity contribution is 0.0902. The number of carbonyl (C=O) groups is 1. The van der Waals surface area contributed by atoms with Crippen LogP contribution in [0.25, 0.3) is 11.1 Å². The number of rotatable bonds is 2. The first-order valence-electron chi connectivity index (χ1n) is 7.09. The zero-order valence-electron chi connectivity index (χ0n) is 11.8. The molecule has 0 aromatic carbocycles. The molecule has 0 saturated heterocycles. The van der Waals surface area contributed by atoms with Crippen molar-refractivity contribution < 1.29 is 9.32 Å². The van der Waals surface area contributed by atoms with Crippen molar-refractivity contribution in [3.8, 4) is 6.07 Å². The van der Waals surface area contributed by atoms with Crippen LogP contribution in [0.4, 0.5) is 0 Å². The third kappa shape index (κ3) is 2.47. The second kappa shape index (κ2) is 5.17. The summed E-state index contributed by atoms with van der Waals surface area (Å²) in [6.07, 6.45) is 5.92. The standard InChI is InChI=1S/C15H16N4O2/c1-10-12-7-11(8-17-14(12)21-19-10)13(20)18-15(9-16)5-3-2-4-6-15/h7-8H,2-6H2,1H3,(H,18,20). The number of hydrogen-bond acceptors (Lipinski definition) is 5. The molecule has 6 nitrogen and oxygen atoms in total. The maximum atomic E-state index is 12.4. The topological polar surface area (TPSA) is 91.8 Å². The maximum Gasteiger partial charge on any atom is 0.257 e. The Bertz CT molecular complexity index is 723. The zero-order chi connectivity index (χ0) is 14.9. The van der Waals surface area contributed by atoms with E-state index in [9.17, 15) is 10.1 Å². The van der Waals surface area contributed by atoms with E-state index in [0.717, 1.165) is 24.6 Å². The van der Waals surface area contributed by atoms with Gasteiger partial charge in [-0.25, -0.2) is 4.98 Å². The Morgan fingerprint density at radius 2 is 2.19 bits per heavy atom. The molecule has 3 rings (SSSR count). The lowest BCUT2D eigenvalue weighted by atomic mass is 9.82. The van der Waals surface area contributed by atoms with Gasteiger partial charge in [-0.2, -0.15) is 5.26 Å². The van der Waals surface area contributed by atoms with Crippen LogP contribution in [0.2, 0.25) is 0 Å². The SMILES string of the molecule is Cc1noc2ncc(C(=O)NC3(C#N)CCCCC3)cc12. The summed E-state index contributed by atoms with van der Waals surface area (Å²) >= 11 is 0. The Morgan fingerprint density at radius 1 is 1.43 bits per heavy atom. The average molecular weight is 284 g/mol. The predicted molar refractivity (Wildman–Crippen MR) is 75.4 cm³/mol. The normalized spacial score (nSPS) is 17.3. The summed E-state index contributed by atoms with van der Waals surface area (Å²) in [5, 5.41) is 16.8. The molecule has 1 amide bonds. The Balaban J connectivity index is 1.86. The highest BCUT2D eigenvalue weighted by Gasteiger charge is 2.34. The van der Waals surface area contributed by atoms with Crippen molar-refractivity contribution in [2.45, 2.75) is 44.6 Å². The van der Waals surface area contributed by atoms with E-state index >= 15 is 0 Å². The number of nitrogens with one attached hydrogen (secondary N) is 1. The summed E-state index contributed by atoms with van der Waals surface area (Å²) in [6, 6.07) is 3.98. The molecular weight excluding hydrogens is 268 g/mol. The molecule has 0 atom stereocenters. The Labute approximate surface area is 122 Å². The number of aromatic nitrogens is 2. The lowest BCUT2D eigenvalue weighted by Crippen LogP contribution is -2.48. The monoisotopic (exact) mass is 284 g/mol. The number of nitriles is 1. The van der Waals surface area contributed by atoms with Crippen LogP contribution in [-0.4, -0.2) is 21.6 Å². The first-order chi connectivity index (χ1) is 10.1. The van der Waals surface area contributed by atoms with E-state index in [0.29, 0.717) is 29.8 Å². The van der Waals surface area contributed by atoms with E-state index in [2.05, 4.69) is 21.5 Å². The second-order valence-corrected chi connectivity index (χ2v) is 5.55. The van der Waals surface area contributed by atoms with Gasteiger partial charge in [0.1, 0.15) is 5.54 Å². The van der Waals surface area contributed by atoms with Crippen molar-refractivity contribution in [3.05, 3.63) is 23.5 Å².